The molecule has 0 radical (unpaired) electrons. The average molecular weight is 226 g/mol. The zero-order valence-corrected chi connectivity index (χ0v) is 9.19. The Hall–Kier alpha value is -2.36. The van der Waals surface area contributed by atoms with Crippen LogP contribution in [0.3, 0.4) is 0 Å². The highest BCUT2D eigenvalue weighted by molar-refractivity contribution is 6.08. The van der Waals surface area contributed by atoms with E-state index in [1.165, 1.54) is 0 Å². The summed E-state index contributed by atoms with van der Waals surface area (Å²) in [6.07, 6.45) is 1.71. The lowest BCUT2D eigenvalue weighted by molar-refractivity contribution is 0.0691. The van der Waals surface area contributed by atoms with Crippen LogP contribution in [0, 0.1) is 6.92 Å². The van der Waals surface area contributed by atoms with Gasteiger partial charge in [-0.15, -0.1) is 0 Å². The van der Waals surface area contributed by atoms with Gasteiger partial charge in [0.25, 0.3) is 0 Å². The summed E-state index contributed by atoms with van der Waals surface area (Å²) < 4.78 is 0. The van der Waals surface area contributed by atoms with E-state index < -0.39 is 5.97 Å². The number of carbonyl (C=O) groups is 1. The highest BCUT2D eigenvalue weighted by atomic mass is 16.4. The molecule has 1 aromatic carbocycles. The SMILES string of the molecule is Cc1c(C(=O)O)[nH]c2c1ccc1cccnc12. The molecule has 0 atom stereocenters. The fourth-order valence-corrected chi connectivity index (χ4v) is 2.15. The Balaban J connectivity index is 2.51. The van der Waals surface area contributed by atoms with E-state index in [0.717, 1.165) is 27.4 Å². The van der Waals surface area contributed by atoms with E-state index in [2.05, 4.69) is 9.97 Å². The van der Waals surface area contributed by atoms with E-state index in [1.54, 1.807) is 13.1 Å². The molecule has 0 unspecified atom stereocenters. The lowest BCUT2D eigenvalue weighted by Gasteiger charge is -1.97. The smallest absolute Gasteiger partial charge is 0.352 e. The van der Waals surface area contributed by atoms with Gasteiger partial charge in [0, 0.05) is 17.0 Å². The molecule has 3 aromatic rings. The van der Waals surface area contributed by atoms with Crippen LogP contribution in [0.1, 0.15) is 16.1 Å². The molecule has 0 aliphatic heterocycles. The zero-order chi connectivity index (χ0) is 12.0. The topological polar surface area (TPSA) is 66.0 Å². The molecular weight excluding hydrogens is 216 g/mol. The highest BCUT2D eigenvalue weighted by Gasteiger charge is 2.15. The van der Waals surface area contributed by atoms with Gasteiger partial charge >= 0.3 is 5.97 Å². The number of aromatic amines is 1. The standard InChI is InChI=1S/C13H10N2O2/c1-7-9-5-4-8-3-2-6-14-11(8)12(9)15-10(7)13(16)17/h2-6,15H,1H3,(H,16,17). The third-order valence-corrected chi connectivity index (χ3v) is 3.02. The minimum atomic E-state index is -0.942. The summed E-state index contributed by atoms with van der Waals surface area (Å²) >= 11 is 0. The maximum atomic E-state index is 11.1. The predicted octanol–water partition coefficient (Wildman–Crippen LogP) is 2.72. The first-order valence-corrected chi connectivity index (χ1v) is 5.28. The van der Waals surface area contributed by atoms with Gasteiger partial charge in [0.2, 0.25) is 0 Å². The molecule has 0 amide bonds. The van der Waals surface area contributed by atoms with Gasteiger partial charge in [0.15, 0.2) is 0 Å². The molecule has 0 aliphatic rings. The van der Waals surface area contributed by atoms with Crippen LogP contribution in [0.4, 0.5) is 0 Å². The third-order valence-electron chi connectivity index (χ3n) is 3.02. The van der Waals surface area contributed by atoms with Crippen molar-refractivity contribution < 1.29 is 9.90 Å². The van der Waals surface area contributed by atoms with E-state index in [9.17, 15) is 4.79 Å². The summed E-state index contributed by atoms with van der Waals surface area (Å²) in [6.45, 7) is 1.80. The van der Waals surface area contributed by atoms with Crippen molar-refractivity contribution in [1.82, 2.24) is 9.97 Å². The normalized spacial score (nSPS) is 11.1. The van der Waals surface area contributed by atoms with Crippen LogP contribution in [-0.2, 0) is 0 Å². The Morgan fingerprint density at radius 3 is 2.94 bits per heavy atom. The Morgan fingerprint density at radius 1 is 1.35 bits per heavy atom. The van der Waals surface area contributed by atoms with Gasteiger partial charge in [-0.2, -0.15) is 0 Å². The first-order valence-electron chi connectivity index (χ1n) is 5.28. The summed E-state index contributed by atoms with van der Waals surface area (Å²) in [5.74, 6) is -0.942. The van der Waals surface area contributed by atoms with E-state index in [4.69, 9.17) is 5.11 Å². The minimum absolute atomic E-state index is 0.234. The number of fused-ring (bicyclic) bond motifs is 3. The molecule has 4 heteroatoms. The number of aromatic carboxylic acids is 1. The number of H-pyrrole nitrogens is 1. The summed E-state index contributed by atoms with van der Waals surface area (Å²) in [7, 11) is 0. The number of nitrogens with one attached hydrogen (secondary N) is 1. The van der Waals surface area contributed by atoms with Gasteiger partial charge in [0.1, 0.15) is 5.69 Å². The minimum Gasteiger partial charge on any atom is -0.477 e. The second kappa shape index (κ2) is 3.31. The van der Waals surface area contributed by atoms with Crippen LogP contribution in [0.25, 0.3) is 21.8 Å². The quantitative estimate of drug-likeness (QED) is 0.670. The number of carboxylic acids is 1. The molecule has 0 saturated heterocycles. The first kappa shape index (κ1) is 9.84. The van der Waals surface area contributed by atoms with Crippen LogP contribution < -0.4 is 0 Å². The molecule has 0 saturated carbocycles. The largest absolute Gasteiger partial charge is 0.477 e. The van der Waals surface area contributed by atoms with Crippen molar-refractivity contribution >= 4 is 27.8 Å². The zero-order valence-electron chi connectivity index (χ0n) is 9.19. The number of aryl methyl sites for hydroxylation is 1. The van der Waals surface area contributed by atoms with Crippen molar-refractivity contribution in [2.75, 3.05) is 0 Å². The molecule has 3 rings (SSSR count). The number of carboxylic acid groups (broad SMARTS) is 1. The summed E-state index contributed by atoms with van der Waals surface area (Å²) in [4.78, 5) is 18.3. The molecule has 2 N–H and O–H groups in total. The lowest BCUT2D eigenvalue weighted by atomic mass is 10.1. The van der Waals surface area contributed by atoms with Gasteiger partial charge in [-0.05, 0) is 18.6 Å². The van der Waals surface area contributed by atoms with Gasteiger partial charge in [-0.25, -0.2) is 4.79 Å². The van der Waals surface area contributed by atoms with Crippen LogP contribution >= 0.6 is 0 Å². The molecule has 2 heterocycles. The number of pyridine rings is 1. The van der Waals surface area contributed by atoms with Crippen molar-refractivity contribution in [3.8, 4) is 0 Å². The molecule has 0 bridgehead atoms. The van der Waals surface area contributed by atoms with Gasteiger partial charge in [-0.3, -0.25) is 4.98 Å². The van der Waals surface area contributed by atoms with Gasteiger partial charge < -0.3 is 10.1 Å². The van der Waals surface area contributed by atoms with Crippen LogP contribution in [0.2, 0.25) is 0 Å². The lowest BCUT2D eigenvalue weighted by Crippen LogP contribution is -1.98. The molecule has 4 nitrogen and oxygen atoms in total. The Bertz CT molecular complexity index is 744. The monoisotopic (exact) mass is 226 g/mol. The second-order valence-electron chi connectivity index (χ2n) is 3.99. The third kappa shape index (κ3) is 1.30. The first-order chi connectivity index (χ1) is 8.18. The molecule has 17 heavy (non-hydrogen) atoms. The maximum Gasteiger partial charge on any atom is 0.352 e. The van der Waals surface area contributed by atoms with Crippen molar-refractivity contribution in [1.29, 1.82) is 0 Å². The molecule has 0 aliphatic carbocycles. The Labute approximate surface area is 96.9 Å². The van der Waals surface area contributed by atoms with Crippen LogP contribution in [-0.4, -0.2) is 21.0 Å². The Morgan fingerprint density at radius 2 is 2.18 bits per heavy atom. The number of benzene rings is 1. The summed E-state index contributed by atoms with van der Waals surface area (Å²) in [6, 6.07) is 7.70. The van der Waals surface area contributed by atoms with Crippen molar-refractivity contribution in [3.63, 3.8) is 0 Å². The number of aromatic nitrogens is 2. The summed E-state index contributed by atoms with van der Waals surface area (Å²) in [5, 5.41) is 11.0. The van der Waals surface area contributed by atoms with E-state index in [0.29, 0.717) is 0 Å². The maximum absolute atomic E-state index is 11.1. The van der Waals surface area contributed by atoms with Crippen molar-refractivity contribution in [2.24, 2.45) is 0 Å². The van der Waals surface area contributed by atoms with Crippen molar-refractivity contribution in [2.45, 2.75) is 6.92 Å². The predicted molar refractivity (Wildman–Crippen MR) is 65.3 cm³/mol. The number of rotatable bonds is 1. The number of nitrogens with zero attached hydrogens (tertiary/aromatic N) is 1. The van der Waals surface area contributed by atoms with E-state index in [-0.39, 0.29) is 5.69 Å². The number of hydrogen-bond acceptors (Lipinski definition) is 2. The average Bonchev–Trinajstić information content (AvgIpc) is 2.67. The molecular formula is C13H10N2O2. The molecule has 84 valence electrons. The van der Waals surface area contributed by atoms with E-state index >= 15 is 0 Å². The number of hydrogen-bond donors (Lipinski definition) is 2. The summed E-state index contributed by atoms with van der Waals surface area (Å²) in [5.41, 5.74) is 2.58. The van der Waals surface area contributed by atoms with Crippen LogP contribution in [0.15, 0.2) is 30.5 Å². The Kier molecular flexibility index (Phi) is 1.92. The second-order valence-corrected chi connectivity index (χ2v) is 3.99. The fraction of sp³-hybridized carbons (Fsp3) is 0.0769. The molecule has 0 spiro atoms. The molecule has 0 fully saturated rings. The highest BCUT2D eigenvalue weighted by Crippen LogP contribution is 2.27. The fourth-order valence-electron chi connectivity index (χ4n) is 2.15. The van der Waals surface area contributed by atoms with E-state index in [1.807, 2.05) is 24.3 Å². The van der Waals surface area contributed by atoms with Gasteiger partial charge in [-0.1, -0.05) is 18.2 Å². The van der Waals surface area contributed by atoms with Crippen molar-refractivity contribution in [3.05, 3.63) is 41.7 Å². The molecule has 2 aromatic heterocycles. The van der Waals surface area contributed by atoms with Crippen LogP contribution in [0.5, 0.6) is 0 Å². The van der Waals surface area contributed by atoms with Gasteiger partial charge in [0.05, 0.1) is 11.0 Å².